The van der Waals surface area contributed by atoms with E-state index < -0.39 is 0 Å². The van der Waals surface area contributed by atoms with Gasteiger partial charge in [-0.3, -0.25) is 9.79 Å². The number of aliphatic imine (C=N–C) groups is 1. The molecule has 6 heteroatoms. The Kier molecular flexibility index (Phi) is 5.67. The van der Waals surface area contributed by atoms with Gasteiger partial charge in [-0.05, 0) is 35.7 Å². The molecule has 1 amide bonds. The van der Waals surface area contributed by atoms with Crippen LogP contribution >= 0.6 is 11.8 Å². The second-order valence-electron chi connectivity index (χ2n) is 6.78. The summed E-state index contributed by atoms with van der Waals surface area (Å²) in [4.78, 5) is 20.4. The van der Waals surface area contributed by atoms with Gasteiger partial charge < -0.3 is 15.0 Å². The number of amides is 1. The van der Waals surface area contributed by atoms with Crippen LogP contribution in [-0.4, -0.2) is 41.4 Å². The van der Waals surface area contributed by atoms with Gasteiger partial charge in [-0.15, -0.1) is 11.8 Å². The van der Waals surface area contributed by atoms with Crippen LogP contribution in [-0.2, 0) is 17.6 Å². The second kappa shape index (κ2) is 8.52. The quantitative estimate of drug-likeness (QED) is 0.645. The summed E-state index contributed by atoms with van der Waals surface area (Å²) in [5.41, 5.74) is 3.49. The van der Waals surface area contributed by atoms with Crippen molar-refractivity contribution in [2.75, 3.05) is 19.4 Å². The van der Waals surface area contributed by atoms with Gasteiger partial charge in [-0.25, -0.2) is 0 Å². The van der Waals surface area contributed by atoms with Crippen LogP contribution in [0, 0.1) is 0 Å². The van der Waals surface area contributed by atoms with E-state index >= 15 is 0 Å². The normalized spacial score (nSPS) is 16.2. The van der Waals surface area contributed by atoms with E-state index in [1.807, 2.05) is 36.5 Å². The van der Waals surface area contributed by atoms with Crippen molar-refractivity contribution >= 4 is 33.6 Å². The van der Waals surface area contributed by atoms with Crippen molar-refractivity contribution in [3.05, 3.63) is 65.9 Å². The Labute approximate surface area is 168 Å². The number of nitrogens with one attached hydrogen (secondary N) is 2. The zero-order valence-electron chi connectivity index (χ0n) is 15.8. The Morgan fingerprint density at radius 3 is 3.07 bits per heavy atom. The van der Waals surface area contributed by atoms with Crippen LogP contribution in [0.2, 0.25) is 0 Å². The predicted molar refractivity (Wildman–Crippen MR) is 115 cm³/mol. The number of methoxy groups -OCH3 is 1. The first-order valence-corrected chi connectivity index (χ1v) is 10.4. The maximum absolute atomic E-state index is 12.5. The van der Waals surface area contributed by atoms with Crippen LogP contribution in [0.4, 0.5) is 0 Å². The molecule has 2 heterocycles. The van der Waals surface area contributed by atoms with E-state index in [9.17, 15) is 4.79 Å². The van der Waals surface area contributed by atoms with Gasteiger partial charge in [0.25, 0.3) is 0 Å². The highest BCUT2D eigenvalue weighted by Crippen LogP contribution is 2.23. The lowest BCUT2D eigenvalue weighted by atomic mass is 10.1. The predicted octanol–water partition coefficient (Wildman–Crippen LogP) is 3.59. The number of hydrogen-bond donors (Lipinski definition) is 2. The number of carbonyl (C=O) groups is 1. The molecule has 0 fully saturated rings. The van der Waals surface area contributed by atoms with E-state index in [0.717, 1.165) is 34.7 Å². The minimum absolute atomic E-state index is 0.00739. The molecule has 0 saturated heterocycles. The molecule has 1 aliphatic rings. The van der Waals surface area contributed by atoms with Gasteiger partial charge in [-0.2, -0.15) is 0 Å². The summed E-state index contributed by atoms with van der Waals surface area (Å²) in [5, 5.41) is 5.26. The first kappa shape index (κ1) is 18.6. The Morgan fingerprint density at radius 1 is 1.29 bits per heavy atom. The Hall–Kier alpha value is -2.73. The summed E-state index contributed by atoms with van der Waals surface area (Å²) in [6, 6.07) is 15.9. The molecule has 4 rings (SSSR count). The number of nitrogens with zero attached hydrogens (tertiary/aromatic N) is 1. The monoisotopic (exact) mass is 393 g/mol. The fraction of sp³-hybridized carbons (Fsp3) is 0.273. The van der Waals surface area contributed by atoms with Crippen LogP contribution in [0.1, 0.15) is 11.1 Å². The third-order valence-electron chi connectivity index (χ3n) is 4.87. The number of fused-ring (bicyclic) bond motifs is 1. The summed E-state index contributed by atoms with van der Waals surface area (Å²) in [5.74, 6) is 1.55. The molecule has 0 unspecified atom stereocenters. The molecule has 0 bridgehead atoms. The molecule has 5 nitrogen and oxygen atoms in total. The summed E-state index contributed by atoms with van der Waals surface area (Å²) in [6.07, 6.45) is 3.56. The molecule has 0 spiro atoms. The largest absolute Gasteiger partial charge is 0.497 e. The van der Waals surface area contributed by atoms with Gasteiger partial charge in [0.2, 0.25) is 5.91 Å². The minimum Gasteiger partial charge on any atom is -0.497 e. The molecule has 0 radical (unpaired) electrons. The number of aromatic nitrogens is 1. The molecule has 1 aromatic heterocycles. The van der Waals surface area contributed by atoms with Gasteiger partial charge in [0, 0.05) is 35.8 Å². The zero-order chi connectivity index (χ0) is 19.3. The van der Waals surface area contributed by atoms with Crippen molar-refractivity contribution < 1.29 is 9.53 Å². The number of hydrogen-bond acceptors (Lipinski definition) is 4. The van der Waals surface area contributed by atoms with Crippen LogP contribution < -0.4 is 10.1 Å². The second-order valence-corrected chi connectivity index (χ2v) is 7.87. The van der Waals surface area contributed by atoms with Crippen molar-refractivity contribution in [2.24, 2.45) is 4.99 Å². The number of rotatable bonds is 7. The third kappa shape index (κ3) is 4.22. The average molecular weight is 394 g/mol. The topological polar surface area (TPSA) is 66.5 Å². The molecule has 0 saturated carbocycles. The Bertz CT molecular complexity index is 1010. The number of H-pyrrole nitrogens is 1. The fourth-order valence-electron chi connectivity index (χ4n) is 3.39. The van der Waals surface area contributed by atoms with Gasteiger partial charge in [-0.1, -0.05) is 30.3 Å². The summed E-state index contributed by atoms with van der Waals surface area (Å²) < 4.78 is 5.27. The van der Waals surface area contributed by atoms with Crippen molar-refractivity contribution in [2.45, 2.75) is 18.9 Å². The van der Waals surface area contributed by atoms with Crippen molar-refractivity contribution in [3.8, 4) is 5.75 Å². The molecular formula is C22H23N3O2S. The lowest BCUT2D eigenvalue weighted by Crippen LogP contribution is -2.35. The number of carbonyl (C=O) groups excluding carboxylic acids is 1. The van der Waals surface area contributed by atoms with Crippen LogP contribution in [0.15, 0.2) is 59.7 Å². The molecule has 0 aliphatic carbocycles. The van der Waals surface area contributed by atoms with E-state index in [4.69, 9.17) is 4.74 Å². The smallest absolute Gasteiger partial charge is 0.245 e. The maximum atomic E-state index is 12.5. The maximum Gasteiger partial charge on any atom is 0.245 e. The van der Waals surface area contributed by atoms with Crippen LogP contribution in [0.5, 0.6) is 5.75 Å². The number of ether oxygens (including phenoxy) is 1. The van der Waals surface area contributed by atoms with E-state index in [0.29, 0.717) is 12.3 Å². The lowest BCUT2D eigenvalue weighted by molar-refractivity contribution is -0.121. The highest BCUT2D eigenvalue weighted by atomic mass is 32.2. The SMILES string of the molecule is COc1cccc(CC2=N[C@H](C(=O)NCCc3c[nH]c4ccccc34)CS2)c1. The standard InChI is InChI=1S/C22H23N3O2S/c1-27-17-6-4-5-15(11-17)12-21-25-20(14-28-21)22(26)23-10-9-16-13-24-19-8-3-2-7-18(16)19/h2-8,11,13,20,24H,9-10,12,14H2,1H3,(H,23,26)/t20-/m0/s1. The molecule has 1 atom stereocenters. The van der Waals surface area contributed by atoms with E-state index in [2.05, 4.69) is 33.5 Å². The summed E-state index contributed by atoms with van der Waals surface area (Å²) in [7, 11) is 1.66. The van der Waals surface area contributed by atoms with E-state index in [1.165, 1.54) is 10.9 Å². The minimum atomic E-state index is -0.298. The lowest BCUT2D eigenvalue weighted by Gasteiger charge is -2.07. The van der Waals surface area contributed by atoms with Gasteiger partial charge in [0.05, 0.1) is 12.2 Å². The van der Waals surface area contributed by atoms with Gasteiger partial charge in [0.15, 0.2) is 0 Å². The molecule has 2 N–H and O–H groups in total. The molecule has 28 heavy (non-hydrogen) atoms. The third-order valence-corrected chi connectivity index (χ3v) is 5.93. The van der Waals surface area contributed by atoms with Gasteiger partial charge >= 0.3 is 0 Å². The summed E-state index contributed by atoms with van der Waals surface area (Å²) in [6.45, 7) is 0.614. The molecule has 2 aromatic carbocycles. The number of benzene rings is 2. The Morgan fingerprint density at radius 2 is 2.18 bits per heavy atom. The highest BCUT2D eigenvalue weighted by molar-refractivity contribution is 8.14. The van der Waals surface area contributed by atoms with E-state index in [1.54, 1.807) is 18.9 Å². The van der Waals surface area contributed by atoms with Crippen molar-refractivity contribution in [3.63, 3.8) is 0 Å². The first-order chi connectivity index (χ1) is 13.7. The fourth-order valence-corrected chi connectivity index (χ4v) is 4.43. The molecule has 1 aliphatic heterocycles. The highest BCUT2D eigenvalue weighted by Gasteiger charge is 2.24. The number of para-hydroxylation sites is 1. The van der Waals surface area contributed by atoms with Crippen molar-refractivity contribution in [1.29, 1.82) is 0 Å². The van der Waals surface area contributed by atoms with Crippen LogP contribution in [0.3, 0.4) is 0 Å². The van der Waals surface area contributed by atoms with Crippen molar-refractivity contribution in [1.82, 2.24) is 10.3 Å². The molecule has 3 aromatic rings. The van der Waals surface area contributed by atoms with E-state index in [-0.39, 0.29) is 11.9 Å². The number of aromatic amines is 1. The first-order valence-electron chi connectivity index (χ1n) is 9.38. The number of thioether (sulfide) groups is 1. The average Bonchev–Trinajstić information content (AvgIpc) is 3.35. The molecular weight excluding hydrogens is 370 g/mol. The van der Waals surface area contributed by atoms with Crippen LogP contribution in [0.25, 0.3) is 10.9 Å². The zero-order valence-corrected chi connectivity index (χ0v) is 16.6. The Balaban J connectivity index is 1.30. The summed E-state index contributed by atoms with van der Waals surface area (Å²) >= 11 is 1.66. The van der Waals surface area contributed by atoms with Gasteiger partial charge in [0.1, 0.15) is 11.8 Å². The molecule has 144 valence electrons.